The van der Waals surface area contributed by atoms with E-state index in [1.807, 2.05) is 0 Å². The van der Waals surface area contributed by atoms with Crippen molar-refractivity contribution >= 4 is 18.1 Å². The van der Waals surface area contributed by atoms with Crippen LogP contribution in [-0.4, -0.2) is 40.8 Å². The molecule has 8 nitrogen and oxygen atoms in total. The molecular weight excluding hydrogens is 254 g/mol. The van der Waals surface area contributed by atoms with E-state index >= 15 is 0 Å². The van der Waals surface area contributed by atoms with Crippen LogP contribution in [0.15, 0.2) is 10.7 Å². The standard InChI is InChI=1S/C11H17N3O5/c1-11(2,3)19-10(17)13-5-4-12-9-14-7(6-18-9)8(15)16/h6H,4-5H2,1-3H3,(H,12,14)(H,13,17)(H,15,16). The number of aromatic nitrogens is 1. The van der Waals surface area contributed by atoms with Crippen LogP contribution in [0.4, 0.5) is 10.8 Å². The maximum Gasteiger partial charge on any atom is 0.407 e. The van der Waals surface area contributed by atoms with Crippen LogP contribution in [0.3, 0.4) is 0 Å². The molecular formula is C11H17N3O5. The summed E-state index contributed by atoms with van der Waals surface area (Å²) in [6.07, 6.45) is 0.513. The molecule has 0 saturated heterocycles. The van der Waals surface area contributed by atoms with Crippen molar-refractivity contribution < 1.29 is 23.8 Å². The number of aromatic carboxylic acids is 1. The van der Waals surface area contributed by atoms with Gasteiger partial charge in [-0.05, 0) is 20.8 Å². The Kier molecular flexibility index (Phi) is 4.74. The summed E-state index contributed by atoms with van der Waals surface area (Å²) in [4.78, 5) is 25.5. The number of carboxylic acids is 1. The topological polar surface area (TPSA) is 114 Å². The predicted molar refractivity (Wildman–Crippen MR) is 66.2 cm³/mol. The molecule has 1 heterocycles. The number of nitrogens with one attached hydrogen (secondary N) is 2. The normalized spacial score (nSPS) is 10.9. The van der Waals surface area contributed by atoms with E-state index < -0.39 is 17.7 Å². The van der Waals surface area contributed by atoms with Gasteiger partial charge < -0.3 is 24.9 Å². The van der Waals surface area contributed by atoms with Crippen molar-refractivity contribution in [3.05, 3.63) is 12.0 Å². The second-order valence-corrected chi connectivity index (χ2v) is 4.70. The molecule has 19 heavy (non-hydrogen) atoms. The van der Waals surface area contributed by atoms with Crippen LogP contribution in [0.5, 0.6) is 0 Å². The number of carbonyl (C=O) groups is 2. The average molecular weight is 271 g/mol. The number of hydrogen-bond donors (Lipinski definition) is 3. The summed E-state index contributed by atoms with van der Waals surface area (Å²) in [6, 6.07) is 0.0865. The van der Waals surface area contributed by atoms with E-state index in [0.29, 0.717) is 13.1 Å². The smallest absolute Gasteiger partial charge is 0.407 e. The minimum absolute atomic E-state index is 0.0865. The summed E-state index contributed by atoms with van der Waals surface area (Å²) >= 11 is 0. The molecule has 0 bridgehead atoms. The number of carbonyl (C=O) groups excluding carboxylic acids is 1. The van der Waals surface area contributed by atoms with Crippen molar-refractivity contribution in [1.29, 1.82) is 0 Å². The Morgan fingerprint density at radius 1 is 1.42 bits per heavy atom. The van der Waals surface area contributed by atoms with Crippen LogP contribution in [0.25, 0.3) is 0 Å². The number of anilines is 1. The molecule has 0 saturated carbocycles. The largest absolute Gasteiger partial charge is 0.476 e. The Morgan fingerprint density at radius 2 is 2.11 bits per heavy atom. The zero-order valence-corrected chi connectivity index (χ0v) is 11.0. The zero-order valence-electron chi connectivity index (χ0n) is 11.0. The number of rotatable bonds is 5. The fraction of sp³-hybridized carbons (Fsp3) is 0.545. The molecule has 0 aliphatic heterocycles. The fourth-order valence-corrected chi connectivity index (χ4v) is 1.10. The van der Waals surface area contributed by atoms with Gasteiger partial charge >= 0.3 is 12.1 Å². The van der Waals surface area contributed by atoms with Crippen LogP contribution in [0.2, 0.25) is 0 Å². The molecule has 1 amide bonds. The number of alkyl carbamates (subject to hydrolysis) is 1. The Balaban J connectivity index is 2.23. The van der Waals surface area contributed by atoms with E-state index in [-0.39, 0.29) is 11.7 Å². The second-order valence-electron chi connectivity index (χ2n) is 4.70. The van der Waals surface area contributed by atoms with Crippen LogP contribution in [0, 0.1) is 0 Å². The van der Waals surface area contributed by atoms with E-state index in [0.717, 1.165) is 6.26 Å². The third-order valence-corrected chi connectivity index (χ3v) is 1.79. The molecule has 1 aromatic heterocycles. The highest BCUT2D eigenvalue weighted by atomic mass is 16.6. The lowest BCUT2D eigenvalue weighted by atomic mass is 10.2. The minimum atomic E-state index is -1.16. The van der Waals surface area contributed by atoms with E-state index in [9.17, 15) is 9.59 Å². The van der Waals surface area contributed by atoms with Crippen molar-refractivity contribution in [2.45, 2.75) is 26.4 Å². The quantitative estimate of drug-likeness (QED) is 0.692. The third-order valence-electron chi connectivity index (χ3n) is 1.79. The molecule has 0 aliphatic carbocycles. The Morgan fingerprint density at radius 3 is 2.63 bits per heavy atom. The van der Waals surface area contributed by atoms with Gasteiger partial charge in [-0.15, -0.1) is 0 Å². The SMILES string of the molecule is CC(C)(C)OC(=O)NCCNc1nc(C(=O)O)co1. The third kappa shape index (κ3) is 5.75. The number of carboxylic acid groups (broad SMARTS) is 1. The second kappa shape index (κ2) is 6.07. The first-order valence-corrected chi connectivity index (χ1v) is 5.67. The monoisotopic (exact) mass is 271 g/mol. The lowest BCUT2D eigenvalue weighted by molar-refractivity contribution is 0.0529. The van der Waals surface area contributed by atoms with Gasteiger partial charge in [-0.3, -0.25) is 0 Å². The number of ether oxygens (including phenoxy) is 1. The van der Waals surface area contributed by atoms with Crippen molar-refractivity contribution in [3.8, 4) is 0 Å². The van der Waals surface area contributed by atoms with Gasteiger partial charge in [0.2, 0.25) is 0 Å². The first kappa shape index (κ1) is 14.8. The summed E-state index contributed by atoms with van der Waals surface area (Å²) in [5.74, 6) is -1.16. The summed E-state index contributed by atoms with van der Waals surface area (Å²) < 4.78 is 9.90. The number of amides is 1. The maximum atomic E-state index is 11.3. The van der Waals surface area contributed by atoms with Crippen molar-refractivity contribution in [3.63, 3.8) is 0 Å². The number of nitrogens with zero attached hydrogens (tertiary/aromatic N) is 1. The first-order chi connectivity index (χ1) is 8.78. The molecule has 1 aromatic rings. The fourth-order valence-electron chi connectivity index (χ4n) is 1.10. The number of oxazole rings is 1. The minimum Gasteiger partial charge on any atom is -0.476 e. The van der Waals surface area contributed by atoms with Crippen LogP contribution in [-0.2, 0) is 4.74 Å². The highest BCUT2D eigenvalue weighted by Gasteiger charge is 2.15. The Hall–Kier alpha value is -2.25. The molecule has 0 spiro atoms. The molecule has 0 radical (unpaired) electrons. The highest BCUT2D eigenvalue weighted by Crippen LogP contribution is 2.07. The Bertz CT molecular complexity index is 449. The van der Waals surface area contributed by atoms with Crippen molar-refractivity contribution in [1.82, 2.24) is 10.3 Å². The van der Waals surface area contributed by atoms with Crippen LogP contribution >= 0.6 is 0 Å². The molecule has 0 unspecified atom stereocenters. The van der Waals surface area contributed by atoms with Gasteiger partial charge in [0.1, 0.15) is 11.9 Å². The van der Waals surface area contributed by atoms with E-state index in [4.69, 9.17) is 14.3 Å². The zero-order chi connectivity index (χ0) is 14.5. The van der Waals surface area contributed by atoms with Gasteiger partial charge in [-0.25, -0.2) is 9.59 Å². The van der Waals surface area contributed by atoms with Gasteiger partial charge in [-0.1, -0.05) is 0 Å². The van der Waals surface area contributed by atoms with Crippen molar-refractivity contribution in [2.24, 2.45) is 0 Å². The molecule has 0 aromatic carbocycles. The molecule has 8 heteroatoms. The lowest BCUT2D eigenvalue weighted by Gasteiger charge is -2.19. The summed E-state index contributed by atoms with van der Waals surface area (Å²) in [5.41, 5.74) is -0.723. The molecule has 106 valence electrons. The first-order valence-electron chi connectivity index (χ1n) is 5.67. The molecule has 3 N–H and O–H groups in total. The van der Waals surface area contributed by atoms with Crippen LogP contribution in [0.1, 0.15) is 31.3 Å². The molecule has 1 rings (SSSR count). The van der Waals surface area contributed by atoms with Crippen LogP contribution < -0.4 is 10.6 Å². The van der Waals surface area contributed by atoms with Gasteiger partial charge in [0, 0.05) is 13.1 Å². The summed E-state index contributed by atoms with van der Waals surface area (Å²) in [5, 5.41) is 13.9. The van der Waals surface area contributed by atoms with Gasteiger partial charge in [-0.2, -0.15) is 4.98 Å². The highest BCUT2D eigenvalue weighted by molar-refractivity contribution is 5.85. The Labute approximate surface area is 110 Å². The summed E-state index contributed by atoms with van der Waals surface area (Å²) in [6.45, 7) is 5.93. The molecule has 0 atom stereocenters. The average Bonchev–Trinajstić information content (AvgIpc) is 2.70. The number of hydrogen-bond acceptors (Lipinski definition) is 6. The van der Waals surface area contributed by atoms with Gasteiger partial charge in [0.25, 0.3) is 6.01 Å². The predicted octanol–water partition coefficient (Wildman–Crippen LogP) is 1.31. The van der Waals surface area contributed by atoms with Crippen molar-refractivity contribution in [2.75, 3.05) is 18.4 Å². The van der Waals surface area contributed by atoms with Gasteiger partial charge in [0.05, 0.1) is 0 Å². The molecule has 0 aliphatic rings. The maximum absolute atomic E-state index is 11.3. The van der Waals surface area contributed by atoms with Gasteiger partial charge in [0.15, 0.2) is 5.69 Å². The van der Waals surface area contributed by atoms with E-state index in [1.54, 1.807) is 20.8 Å². The summed E-state index contributed by atoms with van der Waals surface area (Å²) in [7, 11) is 0. The van der Waals surface area contributed by atoms with E-state index in [2.05, 4.69) is 15.6 Å². The molecule has 0 fully saturated rings. The van der Waals surface area contributed by atoms with E-state index in [1.165, 1.54) is 0 Å². The lowest BCUT2D eigenvalue weighted by Crippen LogP contribution is -2.35.